The van der Waals surface area contributed by atoms with E-state index in [0.717, 1.165) is 27.0 Å². The van der Waals surface area contributed by atoms with Crippen LogP contribution in [0, 0.1) is 0 Å². The highest BCUT2D eigenvalue weighted by atomic mass is 32.1. The molecule has 0 saturated carbocycles. The molecule has 0 aliphatic carbocycles. The molecule has 0 radical (unpaired) electrons. The molecule has 0 spiro atoms. The third-order valence-corrected chi connectivity index (χ3v) is 4.51. The second kappa shape index (κ2) is 3.73. The highest BCUT2D eigenvalue weighted by Crippen LogP contribution is 2.38. The van der Waals surface area contributed by atoms with E-state index in [1.165, 1.54) is 11.3 Å². The molecule has 4 rings (SSSR count). The third-order valence-electron chi connectivity index (χ3n) is 3.53. The van der Waals surface area contributed by atoms with Crippen LogP contribution in [-0.2, 0) is 5.72 Å². The Bertz CT molecular complexity index is 773. The van der Waals surface area contributed by atoms with Gasteiger partial charge in [0.15, 0.2) is 0 Å². The van der Waals surface area contributed by atoms with Gasteiger partial charge >= 0.3 is 0 Å². The van der Waals surface area contributed by atoms with E-state index in [1.807, 2.05) is 48.0 Å². The Balaban J connectivity index is 2.04. The highest BCUT2D eigenvalue weighted by Gasteiger charge is 2.37. The SMILES string of the molecule is OC1(c2cccs2)NC=Cc2c1[nH]c1ccccc21. The molecule has 3 nitrogen and oxygen atoms in total. The average molecular weight is 268 g/mol. The fourth-order valence-electron chi connectivity index (χ4n) is 2.62. The van der Waals surface area contributed by atoms with Gasteiger partial charge in [0.05, 0.1) is 10.6 Å². The van der Waals surface area contributed by atoms with Crippen LogP contribution in [0.15, 0.2) is 48.0 Å². The van der Waals surface area contributed by atoms with E-state index in [4.69, 9.17) is 0 Å². The molecule has 1 atom stereocenters. The number of thiophene rings is 1. The Morgan fingerprint density at radius 3 is 2.84 bits per heavy atom. The number of H-pyrrole nitrogens is 1. The molecule has 2 aromatic heterocycles. The molecule has 4 heteroatoms. The van der Waals surface area contributed by atoms with Crippen molar-refractivity contribution in [1.82, 2.24) is 10.3 Å². The van der Waals surface area contributed by atoms with Gasteiger partial charge in [-0.2, -0.15) is 0 Å². The Labute approximate surface area is 114 Å². The molecule has 0 bridgehead atoms. The van der Waals surface area contributed by atoms with Crippen LogP contribution in [0.5, 0.6) is 0 Å². The van der Waals surface area contributed by atoms with Crippen molar-refractivity contribution < 1.29 is 5.11 Å². The number of benzene rings is 1. The fourth-order valence-corrected chi connectivity index (χ4v) is 3.41. The summed E-state index contributed by atoms with van der Waals surface area (Å²) in [5.74, 6) is 0. The van der Waals surface area contributed by atoms with Gasteiger partial charge < -0.3 is 15.4 Å². The molecule has 19 heavy (non-hydrogen) atoms. The van der Waals surface area contributed by atoms with Gasteiger partial charge in [-0.3, -0.25) is 0 Å². The molecular weight excluding hydrogens is 256 g/mol. The maximum Gasteiger partial charge on any atom is 0.213 e. The molecule has 1 aliphatic rings. The predicted octanol–water partition coefficient (Wildman–Crippen LogP) is 3.00. The minimum absolute atomic E-state index is 0.804. The molecule has 94 valence electrons. The Hall–Kier alpha value is -2.04. The molecule has 1 aliphatic heterocycles. The summed E-state index contributed by atoms with van der Waals surface area (Å²) in [6.07, 6.45) is 3.80. The topological polar surface area (TPSA) is 48.0 Å². The van der Waals surface area contributed by atoms with E-state index in [0.29, 0.717) is 0 Å². The van der Waals surface area contributed by atoms with Crippen LogP contribution in [0.3, 0.4) is 0 Å². The second-order valence-electron chi connectivity index (χ2n) is 4.62. The number of aliphatic hydroxyl groups is 1. The summed E-state index contributed by atoms with van der Waals surface area (Å²) in [4.78, 5) is 4.22. The minimum atomic E-state index is -1.17. The summed E-state index contributed by atoms with van der Waals surface area (Å²) in [6.45, 7) is 0. The predicted molar refractivity (Wildman–Crippen MR) is 77.8 cm³/mol. The van der Waals surface area contributed by atoms with Crippen molar-refractivity contribution in [1.29, 1.82) is 0 Å². The summed E-state index contributed by atoms with van der Waals surface area (Å²) in [5, 5.41) is 17.2. The summed E-state index contributed by atoms with van der Waals surface area (Å²) in [7, 11) is 0. The first-order chi connectivity index (χ1) is 9.29. The molecule has 0 amide bonds. The fraction of sp³-hybridized carbons (Fsp3) is 0.0667. The van der Waals surface area contributed by atoms with E-state index < -0.39 is 5.72 Å². The van der Waals surface area contributed by atoms with Crippen molar-refractivity contribution in [2.75, 3.05) is 0 Å². The van der Waals surface area contributed by atoms with Crippen LogP contribution < -0.4 is 5.32 Å². The number of para-hydroxylation sites is 1. The number of fused-ring (bicyclic) bond motifs is 3. The zero-order valence-corrected chi connectivity index (χ0v) is 10.9. The van der Waals surface area contributed by atoms with Crippen LogP contribution in [0.4, 0.5) is 0 Å². The third kappa shape index (κ3) is 1.41. The number of rotatable bonds is 1. The van der Waals surface area contributed by atoms with Crippen LogP contribution in [0.2, 0.25) is 0 Å². The summed E-state index contributed by atoms with van der Waals surface area (Å²) >= 11 is 1.54. The molecule has 0 fully saturated rings. The van der Waals surface area contributed by atoms with E-state index in [-0.39, 0.29) is 0 Å². The van der Waals surface area contributed by atoms with Crippen molar-refractivity contribution in [3.05, 3.63) is 64.1 Å². The number of aromatic nitrogens is 1. The smallest absolute Gasteiger partial charge is 0.213 e. The zero-order chi connectivity index (χ0) is 12.9. The largest absolute Gasteiger partial charge is 0.361 e. The van der Waals surface area contributed by atoms with Crippen molar-refractivity contribution in [3.8, 4) is 0 Å². The standard InChI is InChI=1S/C15H12N2OS/c18-15(13-6-3-9-19-13)14-11(7-8-16-15)10-4-1-2-5-12(10)17-14/h1-9,16-18H. The van der Waals surface area contributed by atoms with Crippen LogP contribution in [0.1, 0.15) is 16.1 Å². The molecule has 3 aromatic rings. The molecular formula is C15H12N2OS. The quantitative estimate of drug-likeness (QED) is 0.635. The maximum atomic E-state index is 11.0. The lowest BCUT2D eigenvalue weighted by atomic mass is 9.99. The minimum Gasteiger partial charge on any atom is -0.361 e. The van der Waals surface area contributed by atoms with Crippen molar-refractivity contribution >= 4 is 28.3 Å². The van der Waals surface area contributed by atoms with Gasteiger partial charge in [-0.05, 0) is 23.6 Å². The zero-order valence-electron chi connectivity index (χ0n) is 10.1. The lowest BCUT2D eigenvalue weighted by Gasteiger charge is -2.30. The van der Waals surface area contributed by atoms with Gasteiger partial charge in [0.1, 0.15) is 0 Å². The van der Waals surface area contributed by atoms with Gasteiger partial charge in [-0.15, -0.1) is 11.3 Å². The van der Waals surface area contributed by atoms with E-state index in [1.54, 1.807) is 0 Å². The maximum absolute atomic E-state index is 11.0. The number of aromatic amines is 1. The van der Waals surface area contributed by atoms with Crippen molar-refractivity contribution in [3.63, 3.8) is 0 Å². The van der Waals surface area contributed by atoms with E-state index in [9.17, 15) is 5.11 Å². The van der Waals surface area contributed by atoms with E-state index >= 15 is 0 Å². The van der Waals surface area contributed by atoms with Crippen LogP contribution >= 0.6 is 11.3 Å². The highest BCUT2D eigenvalue weighted by molar-refractivity contribution is 7.10. The first-order valence-corrected chi connectivity index (χ1v) is 6.99. The second-order valence-corrected chi connectivity index (χ2v) is 5.57. The Morgan fingerprint density at radius 1 is 1.11 bits per heavy atom. The lowest BCUT2D eigenvalue weighted by molar-refractivity contribution is 0.0567. The monoisotopic (exact) mass is 268 g/mol. The van der Waals surface area contributed by atoms with Crippen molar-refractivity contribution in [2.45, 2.75) is 5.72 Å². The molecule has 3 heterocycles. The molecule has 1 unspecified atom stereocenters. The van der Waals surface area contributed by atoms with Gasteiger partial charge in [-0.1, -0.05) is 24.3 Å². The van der Waals surface area contributed by atoms with Gasteiger partial charge in [0.25, 0.3) is 0 Å². The normalized spacial score (nSPS) is 21.3. The van der Waals surface area contributed by atoms with Gasteiger partial charge in [-0.25, -0.2) is 0 Å². The van der Waals surface area contributed by atoms with Crippen molar-refractivity contribution in [2.24, 2.45) is 0 Å². The number of nitrogens with one attached hydrogen (secondary N) is 2. The molecule has 1 aromatic carbocycles. The van der Waals surface area contributed by atoms with E-state index in [2.05, 4.69) is 16.4 Å². The number of hydrogen-bond donors (Lipinski definition) is 3. The summed E-state index contributed by atoms with van der Waals surface area (Å²) in [5.41, 5.74) is 1.72. The number of hydrogen-bond acceptors (Lipinski definition) is 3. The first kappa shape index (κ1) is 10.8. The molecule has 0 saturated heterocycles. The Morgan fingerprint density at radius 2 is 2.00 bits per heavy atom. The Kier molecular flexibility index (Phi) is 2.13. The average Bonchev–Trinajstić information content (AvgIpc) is 3.07. The van der Waals surface area contributed by atoms with Crippen LogP contribution in [-0.4, -0.2) is 10.1 Å². The summed E-state index contributed by atoms with van der Waals surface area (Å²) < 4.78 is 0. The molecule has 3 N–H and O–H groups in total. The van der Waals surface area contributed by atoms with Crippen LogP contribution in [0.25, 0.3) is 17.0 Å². The lowest BCUT2D eigenvalue weighted by Crippen LogP contribution is -2.42. The summed E-state index contributed by atoms with van der Waals surface area (Å²) in [6, 6.07) is 12.0. The first-order valence-electron chi connectivity index (χ1n) is 6.11. The van der Waals surface area contributed by atoms with Gasteiger partial charge in [0, 0.05) is 22.7 Å². The van der Waals surface area contributed by atoms with Gasteiger partial charge in [0.2, 0.25) is 5.72 Å².